The van der Waals surface area contributed by atoms with Crippen molar-refractivity contribution < 1.29 is 3.07 Å². The summed E-state index contributed by atoms with van der Waals surface area (Å²) in [5, 5.41) is 2.57. The van der Waals surface area contributed by atoms with E-state index in [1.54, 1.807) is 0 Å². The average molecular weight is 376 g/mol. The van der Waals surface area contributed by atoms with Crippen molar-refractivity contribution in [3.05, 3.63) is 47.5 Å². The Hall–Kier alpha value is -0.581. The molecule has 2 aromatic rings. The summed E-state index contributed by atoms with van der Waals surface area (Å²) in [6, 6.07) is 13.1. The minimum atomic E-state index is -0.841. The standard InChI is InChI=1S/C14H16N.C3H7O.Sn/c1-3-11-8-12-6-4-5-7-13(12)9-14(11)10(2)15;1-2-3-4;/h3-10H,15H2,1-2H3;2-3H2,1H3;/q;-1;+1. The number of hydrogen-bond acceptors (Lipinski definition) is 2. The van der Waals surface area contributed by atoms with Crippen molar-refractivity contribution in [3.8, 4) is 0 Å². The third kappa shape index (κ3) is 3.74. The van der Waals surface area contributed by atoms with Gasteiger partial charge in [0.15, 0.2) is 0 Å². The van der Waals surface area contributed by atoms with Crippen LogP contribution >= 0.6 is 0 Å². The zero-order valence-electron chi connectivity index (χ0n) is 12.5. The van der Waals surface area contributed by atoms with Crippen LogP contribution in [0.4, 0.5) is 0 Å². The van der Waals surface area contributed by atoms with Crippen molar-refractivity contribution in [2.24, 2.45) is 5.73 Å². The van der Waals surface area contributed by atoms with Gasteiger partial charge >= 0.3 is 132 Å². The first-order valence-corrected chi connectivity index (χ1v) is 10.1. The van der Waals surface area contributed by atoms with Gasteiger partial charge in [-0.2, -0.15) is 0 Å². The second kappa shape index (κ2) is 7.43. The summed E-state index contributed by atoms with van der Waals surface area (Å²) in [5.74, 6) is 0. The van der Waals surface area contributed by atoms with Crippen LogP contribution in [-0.4, -0.2) is 28.2 Å². The van der Waals surface area contributed by atoms with Crippen LogP contribution in [0.15, 0.2) is 36.4 Å². The molecule has 0 aliphatic carbocycles. The Morgan fingerprint density at radius 1 is 1.10 bits per heavy atom. The number of hydrogen-bond donors (Lipinski definition) is 1. The van der Waals surface area contributed by atoms with Crippen LogP contribution in [0.3, 0.4) is 0 Å². The van der Waals surface area contributed by atoms with Crippen LogP contribution in [0.2, 0.25) is 0 Å². The van der Waals surface area contributed by atoms with Crippen LogP contribution in [0.25, 0.3) is 10.8 Å². The maximum absolute atomic E-state index is 6.18. The molecule has 3 heteroatoms. The Labute approximate surface area is 132 Å². The Morgan fingerprint density at radius 2 is 1.70 bits per heavy atom. The first kappa shape index (κ1) is 15.8. The van der Waals surface area contributed by atoms with E-state index in [1.165, 1.54) is 21.9 Å². The van der Waals surface area contributed by atoms with Gasteiger partial charge in [0.25, 0.3) is 0 Å². The third-order valence-electron chi connectivity index (χ3n) is 3.47. The van der Waals surface area contributed by atoms with Gasteiger partial charge in [-0.25, -0.2) is 0 Å². The zero-order chi connectivity index (χ0) is 14.5. The molecule has 0 heterocycles. The van der Waals surface area contributed by atoms with E-state index < -0.39 is 21.6 Å². The van der Waals surface area contributed by atoms with Crippen molar-refractivity contribution in [3.63, 3.8) is 0 Å². The number of rotatable bonds is 6. The molecule has 0 aromatic heterocycles. The fourth-order valence-corrected chi connectivity index (χ4v) is 5.10. The van der Waals surface area contributed by atoms with Crippen LogP contribution < -0.4 is 5.73 Å². The van der Waals surface area contributed by atoms with E-state index in [0.29, 0.717) is 3.93 Å². The van der Waals surface area contributed by atoms with E-state index in [-0.39, 0.29) is 6.04 Å². The molecule has 2 rings (SSSR count). The Kier molecular flexibility index (Phi) is 5.87. The molecular formula is C17H23NOSn. The molecule has 2 atom stereocenters. The fraction of sp³-hybridized carbons (Fsp3) is 0.412. The molecule has 0 aliphatic rings. The van der Waals surface area contributed by atoms with E-state index in [9.17, 15) is 0 Å². The summed E-state index contributed by atoms with van der Waals surface area (Å²) in [6.07, 6.45) is 1.10. The predicted molar refractivity (Wildman–Crippen MR) is 87.0 cm³/mol. The first-order valence-electron chi connectivity index (χ1n) is 7.29. The normalized spacial score (nSPS) is 14.4. The van der Waals surface area contributed by atoms with Gasteiger partial charge in [0.1, 0.15) is 0 Å². The molecular weight excluding hydrogens is 353 g/mol. The van der Waals surface area contributed by atoms with Crippen molar-refractivity contribution in [1.29, 1.82) is 0 Å². The molecule has 0 bridgehead atoms. The van der Waals surface area contributed by atoms with Crippen molar-refractivity contribution in [2.75, 3.05) is 6.61 Å². The number of fused-ring (bicyclic) bond motifs is 1. The van der Waals surface area contributed by atoms with Crippen LogP contribution in [0.5, 0.6) is 0 Å². The van der Waals surface area contributed by atoms with Crippen molar-refractivity contribution >= 4 is 32.3 Å². The Morgan fingerprint density at radius 3 is 2.25 bits per heavy atom. The molecule has 0 saturated heterocycles. The summed E-state index contributed by atoms with van der Waals surface area (Å²) < 4.78 is 6.41. The van der Waals surface area contributed by atoms with Gasteiger partial charge in [-0.1, -0.05) is 0 Å². The van der Waals surface area contributed by atoms with Crippen LogP contribution in [0.1, 0.15) is 48.3 Å². The second-order valence-electron chi connectivity index (χ2n) is 5.30. The minimum absolute atomic E-state index is 0.0719. The summed E-state index contributed by atoms with van der Waals surface area (Å²) >= 11 is -0.841. The molecule has 2 nitrogen and oxygen atoms in total. The molecule has 2 unspecified atom stereocenters. The van der Waals surface area contributed by atoms with Gasteiger partial charge in [0.2, 0.25) is 0 Å². The van der Waals surface area contributed by atoms with E-state index in [2.05, 4.69) is 57.2 Å². The molecule has 2 N–H and O–H groups in total. The maximum atomic E-state index is 6.18. The third-order valence-corrected chi connectivity index (χ3v) is 6.43. The van der Waals surface area contributed by atoms with Gasteiger partial charge < -0.3 is 0 Å². The number of nitrogens with two attached hydrogens (primary N) is 1. The molecule has 0 saturated carbocycles. The van der Waals surface area contributed by atoms with E-state index >= 15 is 0 Å². The van der Waals surface area contributed by atoms with Gasteiger partial charge in [-0.05, 0) is 0 Å². The van der Waals surface area contributed by atoms with Crippen molar-refractivity contribution in [2.45, 2.75) is 37.2 Å². The summed E-state index contributed by atoms with van der Waals surface area (Å²) in [4.78, 5) is 0. The predicted octanol–water partition coefficient (Wildman–Crippen LogP) is 3.97. The Balaban J connectivity index is 2.36. The molecule has 106 valence electrons. The SMILES string of the molecule is CCC[O][Sn][CH](C)c1cc2ccccc2cc1C(C)N. The van der Waals surface area contributed by atoms with Gasteiger partial charge in [-0.3, -0.25) is 0 Å². The molecule has 0 spiro atoms. The van der Waals surface area contributed by atoms with E-state index in [1.807, 2.05) is 0 Å². The molecule has 20 heavy (non-hydrogen) atoms. The quantitative estimate of drug-likeness (QED) is 0.612. The topological polar surface area (TPSA) is 35.2 Å². The van der Waals surface area contributed by atoms with E-state index in [4.69, 9.17) is 8.81 Å². The average Bonchev–Trinajstić information content (AvgIpc) is 2.46. The van der Waals surface area contributed by atoms with Crippen LogP contribution in [0, 0.1) is 0 Å². The monoisotopic (exact) mass is 377 g/mol. The number of benzene rings is 2. The molecule has 0 amide bonds. The van der Waals surface area contributed by atoms with Crippen molar-refractivity contribution in [1.82, 2.24) is 0 Å². The summed E-state index contributed by atoms with van der Waals surface area (Å²) in [5.41, 5.74) is 8.84. The van der Waals surface area contributed by atoms with Gasteiger partial charge in [0.05, 0.1) is 0 Å². The molecule has 0 fully saturated rings. The fourth-order valence-electron chi connectivity index (χ4n) is 2.39. The molecule has 2 radical (unpaired) electrons. The second-order valence-corrected chi connectivity index (χ2v) is 9.27. The van der Waals surface area contributed by atoms with E-state index in [0.717, 1.165) is 13.0 Å². The summed E-state index contributed by atoms with van der Waals surface area (Å²) in [7, 11) is 0. The Bertz CT molecular complexity index is 568. The summed E-state index contributed by atoms with van der Waals surface area (Å²) in [6.45, 7) is 7.42. The first-order chi connectivity index (χ1) is 9.63. The zero-order valence-corrected chi connectivity index (χ0v) is 15.4. The van der Waals surface area contributed by atoms with Crippen LogP contribution in [-0.2, 0) is 3.07 Å². The molecule has 2 aromatic carbocycles. The van der Waals surface area contributed by atoms with Gasteiger partial charge in [0, 0.05) is 0 Å². The van der Waals surface area contributed by atoms with Gasteiger partial charge in [-0.15, -0.1) is 0 Å². The molecule has 0 aliphatic heterocycles.